The molecule has 2 rings (SSSR count). The zero-order valence-electron chi connectivity index (χ0n) is 7.01. The van der Waals surface area contributed by atoms with Gasteiger partial charge in [0.15, 0.2) is 0 Å². The minimum absolute atomic E-state index is 0.0179. The largest absolute Gasteiger partial charge is 0.472 e. The molecule has 2 nitrogen and oxygen atoms in total. The van der Waals surface area contributed by atoms with Crippen molar-refractivity contribution < 1.29 is 8.81 Å². The highest BCUT2D eigenvalue weighted by Crippen LogP contribution is 2.45. The second kappa shape index (κ2) is 2.33. The van der Waals surface area contributed by atoms with Crippen LogP contribution < -0.4 is 5.73 Å². The molecule has 0 aromatic carbocycles. The lowest BCUT2D eigenvalue weighted by molar-refractivity contribution is 0.0394. The molecule has 0 unspecified atom stereocenters. The Bertz CT molecular complexity index is 288. The van der Waals surface area contributed by atoms with Gasteiger partial charge in [-0.05, 0) is 12.5 Å². The van der Waals surface area contributed by atoms with Gasteiger partial charge in [-0.3, -0.25) is 0 Å². The van der Waals surface area contributed by atoms with Crippen LogP contribution in [0.25, 0.3) is 0 Å². The second-order valence-electron chi connectivity index (χ2n) is 3.60. The Hall–Kier alpha value is -0.830. The average Bonchev–Trinajstić information content (AvgIpc) is 2.32. The summed E-state index contributed by atoms with van der Waals surface area (Å²) in [5.74, 6) is 0. The third kappa shape index (κ3) is 0.966. The molecule has 0 aliphatic heterocycles. The molecule has 0 atom stereocenters. The first-order valence-electron chi connectivity index (χ1n) is 4.09. The fourth-order valence-corrected chi connectivity index (χ4v) is 1.81. The van der Waals surface area contributed by atoms with Crippen LogP contribution in [0.5, 0.6) is 0 Å². The Balaban J connectivity index is 2.26. The summed E-state index contributed by atoms with van der Waals surface area (Å²) in [6.45, 7) is 1.85. The van der Waals surface area contributed by atoms with Crippen molar-refractivity contribution in [2.24, 2.45) is 5.73 Å². The zero-order valence-corrected chi connectivity index (χ0v) is 7.01. The number of halogens is 1. The fraction of sp³-hybridized carbons (Fsp3) is 0.556. The number of nitrogens with two attached hydrogens (primary N) is 1. The van der Waals surface area contributed by atoms with Crippen LogP contribution in [0.2, 0.25) is 0 Å². The molecule has 0 bridgehead atoms. The summed E-state index contributed by atoms with van der Waals surface area (Å²) in [6, 6.07) is 0.0179. The van der Waals surface area contributed by atoms with Gasteiger partial charge in [-0.25, -0.2) is 4.39 Å². The van der Waals surface area contributed by atoms with E-state index >= 15 is 0 Å². The van der Waals surface area contributed by atoms with Crippen molar-refractivity contribution in [2.45, 2.75) is 31.5 Å². The van der Waals surface area contributed by atoms with Gasteiger partial charge in [0.2, 0.25) is 0 Å². The minimum Gasteiger partial charge on any atom is -0.472 e. The maximum atomic E-state index is 13.8. The van der Waals surface area contributed by atoms with Gasteiger partial charge in [-0.15, -0.1) is 0 Å². The maximum absolute atomic E-state index is 13.8. The number of alkyl halides is 1. The molecule has 1 aromatic rings. The van der Waals surface area contributed by atoms with Gasteiger partial charge >= 0.3 is 0 Å². The predicted octanol–water partition coefficient (Wildman–Crippen LogP) is 1.87. The summed E-state index contributed by atoms with van der Waals surface area (Å²) in [6.07, 6.45) is 3.91. The fourth-order valence-electron chi connectivity index (χ4n) is 1.81. The third-order valence-electron chi connectivity index (χ3n) is 2.51. The zero-order chi connectivity index (χ0) is 8.77. The smallest absolute Gasteiger partial charge is 0.142 e. The maximum Gasteiger partial charge on any atom is 0.142 e. The van der Waals surface area contributed by atoms with Gasteiger partial charge in [0.05, 0.1) is 12.5 Å². The first kappa shape index (κ1) is 7.80. The number of aryl methyl sites for hydroxylation is 1. The second-order valence-corrected chi connectivity index (χ2v) is 3.60. The predicted molar refractivity (Wildman–Crippen MR) is 43.4 cm³/mol. The molecule has 1 fully saturated rings. The highest BCUT2D eigenvalue weighted by Gasteiger charge is 2.46. The summed E-state index contributed by atoms with van der Waals surface area (Å²) in [4.78, 5) is 0. The normalized spacial score (nSPS) is 34.8. The minimum atomic E-state index is -1.21. The van der Waals surface area contributed by atoms with Crippen LogP contribution >= 0.6 is 0 Å². The quantitative estimate of drug-likeness (QED) is 0.697. The lowest BCUT2D eigenvalue weighted by Gasteiger charge is -2.39. The molecule has 1 aromatic heterocycles. The van der Waals surface area contributed by atoms with Crippen LogP contribution in [-0.2, 0) is 5.67 Å². The lowest BCUT2D eigenvalue weighted by atomic mass is 9.73. The first-order chi connectivity index (χ1) is 5.62. The first-order valence-corrected chi connectivity index (χ1v) is 4.09. The van der Waals surface area contributed by atoms with Crippen molar-refractivity contribution in [1.29, 1.82) is 0 Å². The van der Waals surface area contributed by atoms with E-state index in [1.165, 1.54) is 6.26 Å². The van der Waals surface area contributed by atoms with Crippen molar-refractivity contribution in [3.05, 3.63) is 23.7 Å². The van der Waals surface area contributed by atoms with E-state index in [0.717, 1.165) is 5.56 Å². The van der Waals surface area contributed by atoms with E-state index in [9.17, 15) is 4.39 Å². The summed E-state index contributed by atoms with van der Waals surface area (Å²) in [7, 11) is 0. The Labute approximate surface area is 70.6 Å². The van der Waals surface area contributed by atoms with E-state index in [-0.39, 0.29) is 6.04 Å². The van der Waals surface area contributed by atoms with E-state index in [0.29, 0.717) is 18.4 Å². The molecule has 1 aliphatic rings. The standard InChI is InChI=1S/C9H12FNO/c1-6-4-12-5-8(6)9(10)2-7(11)3-9/h4-5,7H,2-3,11H2,1H3. The van der Waals surface area contributed by atoms with Crippen molar-refractivity contribution in [1.82, 2.24) is 0 Å². The Morgan fingerprint density at radius 1 is 1.58 bits per heavy atom. The molecule has 3 heteroatoms. The molecule has 66 valence electrons. The van der Waals surface area contributed by atoms with Crippen molar-refractivity contribution in [2.75, 3.05) is 0 Å². The van der Waals surface area contributed by atoms with Crippen LogP contribution in [0.4, 0.5) is 4.39 Å². The molecule has 1 heterocycles. The van der Waals surface area contributed by atoms with Crippen LogP contribution in [-0.4, -0.2) is 6.04 Å². The number of hydrogen-bond donors (Lipinski definition) is 1. The monoisotopic (exact) mass is 169 g/mol. The van der Waals surface area contributed by atoms with E-state index in [1.54, 1.807) is 6.26 Å². The van der Waals surface area contributed by atoms with Gasteiger partial charge in [0.1, 0.15) is 5.67 Å². The molecule has 0 radical (unpaired) electrons. The lowest BCUT2D eigenvalue weighted by Crippen LogP contribution is -2.46. The molecular weight excluding hydrogens is 157 g/mol. The third-order valence-corrected chi connectivity index (χ3v) is 2.51. The van der Waals surface area contributed by atoms with E-state index in [1.807, 2.05) is 6.92 Å². The van der Waals surface area contributed by atoms with E-state index in [2.05, 4.69) is 0 Å². The molecule has 1 saturated carbocycles. The molecule has 0 saturated heterocycles. The van der Waals surface area contributed by atoms with Gasteiger partial charge < -0.3 is 10.2 Å². The molecule has 12 heavy (non-hydrogen) atoms. The average molecular weight is 169 g/mol. The van der Waals surface area contributed by atoms with E-state index < -0.39 is 5.67 Å². The van der Waals surface area contributed by atoms with Crippen LogP contribution in [0.1, 0.15) is 24.0 Å². The van der Waals surface area contributed by atoms with Gasteiger partial charge in [-0.1, -0.05) is 0 Å². The Morgan fingerprint density at radius 2 is 2.25 bits per heavy atom. The summed E-state index contributed by atoms with van der Waals surface area (Å²) < 4.78 is 18.8. The molecule has 0 amide bonds. The SMILES string of the molecule is Cc1cocc1C1(F)CC(N)C1. The van der Waals surface area contributed by atoms with Crippen molar-refractivity contribution in [3.8, 4) is 0 Å². The van der Waals surface area contributed by atoms with Crippen LogP contribution in [0.15, 0.2) is 16.9 Å². The van der Waals surface area contributed by atoms with Crippen molar-refractivity contribution >= 4 is 0 Å². The Kier molecular flexibility index (Phi) is 1.51. The topological polar surface area (TPSA) is 39.2 Å². The molecule has 2 N–H and O–H groups in total. The summed E-state index contributed by atoms with van der Waals surface area (Å²) in [5.41, 5.74) is 5.88. The number of furan rings is 1. The molecular formula is C9H12FNO. The van der Waals surface area contributed by atoms with Gasteiger partial charge in [-0.2, -0.15) is 0 Å². The van der Waals surface area contributed by atoms with E-state index in [4.69, 9.17) is 10.2 Å². The van der Waals surface area contributed by atoms with Crippen LogP contribution in [0, 0.1) is 6.92 Å². The molecule has 0 spiro atoms. The number of hydrogen-bond acceptors (Lipinski definition) is 2. The highest BCUT2D eigenvalue weighted by molar-refractivity contribution is 5.29. The number of rotatable bonds is 1. The van der Waals surface area contributed by atoms with Gasteiger partial charge in [0, 0.05) is 24.4 Å². The Morgan fingerprint density at radius 3 is 2.67 bits per heavy atom. The summed E-state index contributed by atoms with van der Waals surface area (Å²) in [5, 5.41) is 0. The summed E-state index contributed by atoms with van der Waals surface area (Å²) >= 11 is 0. The van der Waals surface area contributed by atoms with Crippen molar-refractivity contribution in [3.63, 3.8) is 0 Å². The highest BCUT2D eigenvalue weighted by atomic mass is 19.1. The van der Waals surface area contributed by atoms with Crippen LogP contribution in [0.3, 0.4) is 0 Å². The molecule has 1 aliphatic carbocycles. The van der Waals surface area contributed by atoms with Gasteiger partial charge in [0.25, 0.3) is 0 Å².